The second-order valence-corrected chi connectivity index (χ2v) is 4.84. The van der Waals surface area contributed by atoms with Gasteiger partial charge in [0.1, 0.15) is 0 Å². The van der Waals surface area contributed by atoms with E-state index in [2.05, 4.69) is 0 Å². The van der Waals surface area contributed by atoms with Gasteiger partial charge in [0.25, 0.3) is 0 Å². The number of amides is 2. The van der Waals surface area contributed by atoms with Crippen LogP contribution in [-0.2, 0) is 9.53 Å². The standard InChI is InChI=1S/C12H21N2O3/c1-3-4-9-17-11(16)14-7-5-12(2,6-8-14)10(13)15/h13H,3-9H2,1-2H3. The second-order valence-electron chi connectivity index (χ2n) is 4.84. The van der Waals surface area contributed by atoms with Gasteiger partial charge in [0.2, 0.25) is 5.91 Å². The van der Waals surface area contributed by atoms with Crippen LogP contribution in [0.25, 0.3) is 0 Å². The van der Waals surface area contributed by atoms with Crippen molar-refractivity contribution in [3.05, 3.63) is 0 Å². The maximum Gasteiger partial charge on any atom is 0.409 e. The third kappa shape index (κ3) is 3.61. The lowest BCUT2D eigenvalue weighted by Crippen LogP contribution is -2.45. The molecule has 5 heteroatoms. The number of nitrogens with one attached hydrogen (secondary N) is 1. The van der Waals surface area contributed by atoms with Crippen molar-refractivity contribution in [2.45, 2.75) is 39.5 Å². The van der Waals surface area contributed by atoms with Crippen molar-refractivity contribution >= 4 is 12.0 Å². The lowest BCUT2D eigenvalue weighted by atomic mass is 9.80. The van der Waals surface area contributed by atoms with Gasteiger partial charge >= 0.3 is 6.09 Å². The summed E-state index contributed by atoms with van der Waals surface area (Å²) in [6.45, 7) is 5.31. The number of hydrogen-bond donors (Lipinski definition) is 0. The molecule has 1 N–H and O–H groups in total. The SMILES string of the molecule is CCCCOC(=O)N1CCC(C)(C([NH])=O)CC1. The van der Waals surface area contributed by atoms with Gasteiger partial charge in [-0.25, -0.2) is 4.79 Å². The Morgan fingerprint density at radius 2 is 1.94 bits per heavy atom. The van der Waals surface area contributed by atoms with Crippen LogP contribution in [-0.4, -0.2) is 36.6 Å². The van der Waals surface area contributed by atoms with Crippen molar-refractivity contribution in [3.8, 4) is 0 Å². The molecule has 0 aromatic rings. The molecule has 17 heavy (non-hydrogen) atoms. The van der Waals surface area contributed by atoms with Crippen LogP contribution in [0.15, 0.2) is 0 Å². The lowest BCUT2D eigenvalue weighted by Gasteiger charge is -2.36. The van der Waals surface area contributed by atoms with Gasteiger partial charge < -0.3 is 9.64 Å². The summed E-state index contributed by atoms with van der Waals surface area (Å²) in [4.78, 5) is 24.4. The summed E-state index contributed by atoms with van der Waals surface area (Å²) in [6.07, 6.45) is 2.69. The Kier molecular flexibility index (Phi) is 4.78. The molecule has 0 aliphatic carbocycles. The summed E-state index contributed by atoms with van der Waals surface area (Å²) in [5.74, 6) is -0.531. The molecule has 1 saturated heterocycles. The predicted molar refractivity (Wildman–Crippen MR) is 63.3 cm³/mol. The molecule has 1 rings (SSSR count). The van der Waals surface area contributed by atoms with Crippen LogP contribution in [0.4, 0.5) is 4.79 Å². The van der Waals surface area contributed by atoms with Crippen LogP contribution in [0.3, 0.4) is 0 Å². The van der Waals surface area contributed by atoms with Gasteiger partial charge in [-0.1, -0.05) is 20.3 Å². The molecule has 0 aromatic carbocycles. The molecule has 0 aromatic heterocycles. The van der Waals surface area contributed by atoms with E-state index in [1.165, 1.54) is 0 Å². The van der Waals surface area contributed by atoms with Gasteiger partial charge in [-0.05, 0) is 19.3 Å². The molecule has 1 aliphatic rings. The average molecular weight is 241 g/mol. The lowest BCUT2D eigenvalue weighted by molar-refractivity contribution is -0.129. The second kappa shape index (κ2) is 5.89. The zero-order chi connectivity index (χ0) is 12.9. The number of unbranched alkanes of at least 4 members (excludes halogenated alkanes) is 1. The Labute approximate surface area is 102 Å². The molecular weight excluding hydrogens is 220 g/mol. The van der Waals surface area contributed by atoms with E-state index >= 15 is 0 Å². The highest BCUT2D eigenvalue weighted by molar-refractivity contribution is 5.80. The highest BCUT2D eigenvalue weighted by Crippen LogP contribution is 2.30. The summed E-state index contributed by atoms with van der Waals surface area (Å²) < 4.78 is 5.11. The number of nitrogens with zero attached hydrogens (tertiary/aromatic N) is 1. The fourth-order valence-corrected chi connectivity index (χ4v) is 1.80. The molecule has 97 valence electrons. The van der Waals surface area contributed by atoms with Gasteiger partial charge in [0, 0.05) is 13.1 Å². The first-order valence-corrected chi connectivity index (χ1v) is 6.17. The molecule has 0 spiro atoms. The van der Waals surface area contributed by atoms with Crippen LogP contribution in [0.1, 0.15) is 39.5 Å². The minimum absolute atomic E-state index is 0.294. The number of ether oxygens (including phenoxy) is 1. The number of carbonyl (C=O) groups excluding carboxylic acids is 2. The van der Waals surface area contributed by atoms with E-state index in [9.17, 15) is 9.59 Å². The van der Waals surface area contributed by atoms with Gasteiger partial charge in [0.15, 0.2) is 0 Å². The summed E-state index contributed by atoms with van der Waals surface area (Å²) in [6, 6.07) is 0. The molecule has 0 unspecified atom stereocenters. The highest BCUT2D eigenvalue weighted by Gasteiger charge is 2.37. The monoisotopic (exact) mass is 241 g/mol. The Morgan fingerprint density at radius 3 is 2.41 bits per heavy atom. The summed E-state index contributed by atoms with van der Waals surface area (Å²) >= 11 is 0. The molecule has 1 aliphatic heterocycles. The van der Waals surface area contributed by atoms with Crippen LogP contribution in [0, 0.1) is 5.41 Å². The molecule has 1 heterocycles. The van der Waals surface area contributed by atoms with Crippen molar-refractivity contribution < 1.29 is 14.3 Å². The molecule has 1 radical (unpaired) electrons. The van der Waals surface area contributed by atoms with E-state index in [0.29, 0.717) is 32.5 Å². The largest absolute Gasteiger partial charge is 0.449 e. The van der Waals surface area contributed by atoms with Crippen molar-refractivity contribution in [2.24, 2.45) is 5.41 Å². The van der Waals surface area contributed by atoms with E-state index < -0.39 is 11.3 Å². The minimum Gasteiger partial charge on any atom is -0.449 e. The predicted octanol–water partition coefficient (Wildman–Crippen LogP) is 1.83. The molecule has 0 atom stereocenters. The minimum atomic E-state index is -0.583. The first-order chi connectivity index (χ1) is 7.99. The van der Waals surface area contributed by atoms with Crippen LogP contribution in [0.5, 0.6) is 0 Å². The van der Waals surface area contributed by atoms with Crippen LogP contribution < -0.4 is 5.73 Å². The van der Waals surface area contributed by atoms with Gasteiger partial charge in [-0.3, -0.25) is 10.5 Å². The number of hydrogen-bond acceptors (Lipinski definition) is 3. The number of carbonyl (C=O) groups is 2. The van der Waals surface area contributed by atoms with E-state index in [1.807, 2.05) is 6.92 Å². The van der Waals surface area contributed by atoms with Gasteiger partial charge in [0.05, 0.1) is 12.0 Å². The van der Waals surface area contributed by atoms with E-state index in [0.717, 1.165) is 12.8 Å². The zero-order valence-corrected chi connectivity index (χ0v) is 10.6. The first kappa shape index (κ1) is 13.8. The van der Waals surface area contributed by atoms with Crippen molar-refractivity contribution in [1.82, 2.24) is 10.6 Å². The Bertz CT molecular complexity index is 283. The fraction of sp³-hybridized carbons (Fsp3) is 0.833. The molecule has 5 nitrogen and oxygen atoms in total. The highest BCUT2D eigenvalue weighted by atomic mass is 16.6. The summed E-state index contributed by atoms with van der Waals surface area (Å²) in [5.41, 5.74) is 6.62. The third-order valence-electron chi connectivity index (χ3n) is 3.40. The van der Waals surface area contributed by atoms with E-state index in [4.69, 9.17) is 10.5 Å². The molecule has 0 saturated carbocycles. The maximum atomic E-state index is 11.6. The van der Waals surface area contributed by atoms with Crippen molar-refractivity contribution in [1.29, 1.82) is 0 Å². The third-order valence-corrected chi connectivity index (χ3v) is 3.40. The van der Waals surface area contributed by atoms with Crippen LogP contribution in [0.2, 0.25) is 0 Å². The van der Waals surface area contributed by atoms with Gasteiger partial charge in [-0.15, -0.1) is 0 Å². The topological polar surface area (TPSA) is 70.4 Å². The van der Waals surface area contributed by atoms with Gasteiger partial charge in [-0.2, -0.15) is 0 Å². The quantitative estimate of drug-likeness (QED) is 0.705. The number of likely N-dealkylation sites (tertiary alicyclic amines) is 1. The van der Waals surface area contributed by atoms with Crippen molar-refractivity contribution in [3.63, 3.8) is 0 Å². The van der Waals surface area contributed by atoms with Crippen molar-refractivity contribution in [2.75, 3.05) is 19.7 Å². The Morgan fingerprint density at radius 1 is 1.35 bits per heavy atom. The number of piperidine rings is 1. The summed E-state index contributed by atoms with van der Waals surface area (Å²) in [5, 5.41) is 0. The first-order valence-electron chi connectivity index (χ1n) is 6.17. The fourth-order valence-electron chi connectivity index (χ4n) is 1.80. The molecule has 0 bridgehead atoms. The molecule has 1 fully saturated rings. The maximum absolute atomic E-state index is 11.6. The smallest absolute Gasteiger partial charge is 0.409 e. The van der Waals surface area contributed by atoms with E-state index in [-0.39, 0.29) is 6.09 Å². The normalized spacial score (nSPS) is 18.8. The Hall–Kier alpha value is -1.26. The zero-order valence-electron chi connectivity index (χ0n) is 10.6. The van der Waals surface area contributed by atoms with E-state index in [1.54, 1.807) is 11.8 Å². The average Bonchev–Trinajstić information content (AvgIpc) is 2.30. The molecular formula is C12H21N2O3. The molecule has 2 amide bonds. The Balaban J connectivity index is 2.36. The van der Waals surface area contributed by atoms with Crippen LogP contribution >= 0.6 is 0 Å². The summed E-state index contributed by atoms with van der Waals surface area (Å²) in [7, 11) is 0. The number of rotatable bonds is 4.